The van der Waals surface area contributed by atoms with E-state index in [0.717, 1.165) is 10.6 Å². The van der Waals surface area contributed by atoms with Crippen molar-refractivity contribution in [1.29, 1.82) is 0 Å². The SMILES string of the molecule is Cc1sc2ncnc(N(C)C)c2c1C.Cl. The summed E-state index contributed by atoms with van der Waals surface area (Å²) in [7, 11) is 4.02. The van der Waals surface area contributed by atoms with Crippen LogP contribution in [0.1, 0.15) is 10.4 Å². The monoisotopic (exact) mass is 243 g/mol. The molecule has 0 radical (unpaired) electrons. The van der Waals surface area contributed by atoms with Crippen molar-refractivity contribution in [3.8, 4) is 0 Å². The highest BCUT2D eigenvalue weighted by molar-refractivity contribution is 7.18. The third-order valence-electron chi connectivity index (χ3n) is 2.37. The Morgan fingerprint density at radius 1 is 1.20 bits per heavy atom. The molecule has 0 bridgehead atoms. The maximum absolute atomic E-state index is 4.30. The van der Waals surface area contributed by atoms with Gasteiger partial charge < -0.3 is 4.90 Å². The molecule has 0 amide bonds. The van der Waals surface area contributed by atoms with Gasteiger partial charge in [-0.05, 0) is 19.4 Å². The Hall–Kier alpha value is -0.870. The second-order valence-electron chi connectivity index (χ2n) is 3.56. The first-order chi connectivity index (χ1) is 6.61. The fourth-order valence-corrected chi connectivity index (χ4v) is 2.49. The second kappa shape index (κ2) is 4.33. The standard InChI is InChI=1S/C10H13N3S.ClH/c1-6-7(2)14-10-8(6)9(13(3)4)11-5-12-10;/h5H,1-4H3;1H. The molecule has 82 valence electrons. The van der Waals surface area contributed by atoms with Gasteiger partial charge in [-0.1, -0.05) is 0 Å². The first-order valence-electron chi connectivity index (χ1n) is 4.49. The molecular formula is C10H14ClN3S. The molecular weight excluding hydrogens is 230 g/mol. The summed E-state index contributed by atoms with van der Waals surface area (Å²) in [5, 5.41) is 1.19. The van der Waals surface area contributed by atoms with E-state index in [-0.39, 0.29) is 12.4 Å². The third kappa shape index (κ3) is 1.92. The Labute approximate surface area is 99.6 Å². The van der Waals surface area contributed by atoms with Crippen LogP contribution in [0.5, 0.6) is 0 Å². The quantitative estimate of drug-likeness (QED) is 0.771. The van der Waals surface area contributed by atoms with Crippen LogP contribution in [-0.4, -0.2) is 24.1 Å². The fraction of sp³-hybridized carbons (Fsp3) is 0.400. The van der Waals surface area contributed by atoms with Crippen molar-refractivity contribution in [3.63, 3.8) is 0 Å². The van der Waals surface area contributed by atoms with Crippen LogP contribution < -0.4 is 4.90 Å². The molecule has 2 heterocycles. The van der Waals surface area contributed by atoms with E-state index >= 15 is 0 Å². The Morgan fingerprint density at radius 2 is 1.87 bits per heavy atom. The number of fused-ring (bicyclic) bond motifs is 1. The van der Waals surface area contributed by atoms with Crippen LogP contribution in [0.3, 0.4) is 0 Å². The molecule has 0 atom stereocenters. The van der Waals surface area contributed by atoms with Crippen molar-refractivity contribution in [1.82, 2.24) is 9.97 Å². The van der Waals surface area contributed by atoms with Gasteiger partial charge in [-0.3, -0.25) is 0 Å². The predicted octanol–water partition coefficient (Wildman–Crippen LogP) is 2.80. The van der Waals surface area contributed by atoms with Gasteiger partial charge >= 0.3 is 0 Å². The van der Waals surface area contributed by atoms with Gasteiger partial charge in [0.2, 0.25) is 0 Å². The smallest absolute Gasteiger partial charge is 0.140 e. The van der Waals surface area contributed by atoms with Gasteiger partial charge in [0.05, 0.1) is 5.39 Å². The molecule has 0 saturated heterocycles. The van der Waals surface area contributed by atoms with E-state index in [1.165, 1.54) is 15.8 Å². The number of thiophene rings is 1. The molecule has 3 nitrogen and oxygen atoms in total. The average molecular weight is 244 g/mol. The Bertz CT molecular complexity index is 479. The molecule has 0 saturated carbocycles. The molecule has 0 aromatic carbocycles. The van der Waals surface area contributed by atoms with E-state index < -0.39 is 0 Å². The maximum atomic E-state index is 4.30. The lowest BCUT2D eigenvalue weighted by molar-refractivity contribution is 1.06. The molecule has 2 rings (SSSR count). The number of nitrogens with zero attached hydrogens (tertiary/aromatic N) is 3. The highest BCUT2D eigenvalue weighted by Crippen LogP contribution is 2.33. The number of aromatic nitrogens is 2. The van der Waals surface area contributed by atoms with Crippen molar-refractivity contribution in [2.24, 2.45) is 0 Å². The molecule has 0 N–H and O–H groups in total. The number of aryl methyl sites for hydroxylation is 2. The van der Waals surface area contributed by atoms with E-state index in [0.29, 0.717) is 0 Å². The van der Waals surface area contributed by atoms with Gasteiger partial charge in [0, 0.05) is 19.0 Å². The lowest BCUT2D eigenvalue weighted by Gasteiger charge is -2.12. The summed E-state index contributed by atoms with van der Waals surface area (Å²) in [6.07, 6.45) is 1.63. The highest BCUT2D eigenvalue weighted by Gasteiger charge is 2.12. The maximum Gasteiger partial charge on any atom is 0.140 e. The molecule has 15 heavy (non-hydrogen) atoms. The van der Waals surface area contributed by atoms with Crippen LogP contribution in [0.25, 0.3) is 10.2 Å². The molecule has 0 spiro atoms. The van der Waals surface area contributed by atoms with E-state index in [4.69, 9.17) is 0 Å². The molecule has 0 fully saturated rings. The Morgan fingerprint density at radius 3 is 2.47 bits per heavy atom. The van der Waals surface area contributed by atoms with Gasteiger partial charge in [0.1, 0.15) is 17.0 Å². The van der Waals surface area contributed by atoms with Crippen molar-refractivity contribution in [2.45, 2.75) is 13.8 Å². The zero-order valence-electron chi connectivity index (χ0n) is 9.24. The summed E-state index contributed by atoms with van der Waals surface area (Å²) in [5.41, 5.74) is 1.30. The fourth-order valence-electron chi connectivity index (χ4n) is 1.50. The first kappa shape index (κ1) is 12.2. The molecule has 2 aromatic rings. The van der Waals surface area contributed by atoms with Crippen molar-refractivity contribution < 1.29 is 0 Å². The minimum absolute atomic E-state index is 0. The van der Waals surface area contributed by atoms with Gasteiger partial charge in [-0.25, -0.2) is 9.97 Å². The van der Waals surface area contributed by atoms with Crippen molar-refractivity contribution in [2.75, 3.05) is 19.0 Å². The van der Waals surface area contributed by atoms with Gasteiger partial charge in [0.15, 0.2) is 0 Å². The average Bonchev–Trinajstić information content (AvgIpc) is 2.43. The topological polar surface area (TPSA) is 29.0 Å². The number of hydrogen-bond acceptors (Lipinski definition) is 4. The summed E-state index contributed by atoms with van der Waals surface area (Å²) in [4.78, 5) is 13.0. The minimum atomic E-state index is 0. The van der Waals surface area contributed by atoms with E-state index in [9.17, 15) is 0 Å². The normalized spacial score (nSPS) is 10.1. The van der Waals surface area contributed by atoms with Crippen LogP contribution >= 0.6 is 23.7 Å². The van der Waals surface area contributed by atoms with Gasteiger partial charge in [-0.15, -0.1) is 23.7 Å². The third-order valence-corrected chi connectivity index (χ3v) is 3.48. The zero-order chi connectivity index (χ0) is 10.3. The summed E-state index contributed by atoms with van der Waals surface area (Å²) in [6.45, 7) is 4.26. The number of rotatable bonds is 1. The molecule has 0 aliphatic rings. The van der Waals surface area contributed by atoms with Crippen LogP contribution in [0.4, 0.5) is 5.82 Å². The lowest BCUT2D eigenvalue weighted by atomic mass is 10.2. The molecule has 0 unspecified atom stereocenters. The number of hydrogen-bond donors (Lipinski definition) is 0. The van der Waals surface area contributed by atoms with Crippen LogP contribution in [0, 0.1) is 13.8 Å². The Balaban J connectivity index is 0.00000112. The summed E-state index contributed by atoms with van der Waals surface area (Å²) >= 11 is 1.73. The van der Waals surface area contributed by atoms with Crippen LogP contribution in [-0.2, 0) is 0 Å². The number of anilines is 1. The van der Waals surface area contributed by atoms with Crippen molar-refractivity contribution >= 4 is 39.8 Å². The molecule has 0 aliphatic heterocycles. The number of halogens is 1. The molecule has 5 heteroatoms. The zero-order valence-corrected chi connectivity index (χ0v) is 10.9. The minimum Gasteiger partial charge on any atom is -0.362 e. The lowest BCUT2D eigenvalue weighted by Crippen LogP contribution is -2.11. The highest BCUT2D eigenvalue weighted by atomic mass is 35.5. The summed E-state index contributed by atoms with van der Waals surface area (Å²) in [6, 6.07) is 0. The largest absolute Gasteiger partial charge is 0.362 e. The predicted molar refractivity (Wildman–Crippen MR) is 68.5 cm³/mol. The van der Waals surface area contributed by atoms with Crippen LogP contribution in [0.15, 0.2) is 6.33 Å². The van der Waals surface area contributed by atoms with Gasteiger partial charge in [-0.2, -0.15) is 0 Å². The van der Waals surface area contributed by atoms with Gasteiger partial charge in [0.25, 0.3) is 0 Å². The van der Waals surface area contributed by atoms with E-state index in [1.54, 1.807) is 17.7 Å². The van der Waals surface area contributed by atoms with E-state index in [2.05, 4.69) is 23.8 Å². The van der Waals surface area contributed by atoms with Crippen LogP contribution in [0.2, 0.25) is 0 Å². The first-order valence-corrected chi connectivity index (χ1v) is 5.31. The Kier molecular flexibility index (Phi) is 3.52. The second-order valence-corrected chi connectivity index (χ2v) is 4.76. The molecule has 0 aliphatic carbocycles. The summed E-state index contributed by atoms with van der Waals surface area (Å²) < 4.78 is 0. The molecule has 2 aromatic heterocycles. The van der Waals surface area contributed by atoms with E-state index in [1.807, 2.05) is 19.0 Å². The summed E-state index contributed by atoms with van der Waals surface area (Å²) in [5.74, 6) is 1.01. The van der Waals surface area contributed by atoms with Crippen molar-refractivity contribution in [3.05, 3.63) is 16.8 Å².